The summed E-state index contributed by atoms with van der Waals surface area (Å²) in [5.74, 6) is 4.49. The molecule has 0 spiro atoms. The maximum atomic E-state index is 14.1. The molecule has 0 aliphatic carbocycles. The van der Waals surface area contributed by atoms with Gasteiger partial charge in [0.2, 0.25) is 0 Å². The number of hydrogen-bond acceptors (Lipinski definition) is 7. The van der Waals surface area contributed by atoms with Crippen molar-refractivity contribution in [2.24, 2.45) is 0 Å². The Morgan fingerprint density at radius 3 is 2.36 bits per heavy atom. The molecule has 3 rings (SSSR count). The lowest BCUT2D eigenvalue weighted by atomic mass is 10.1. The first kappa shape index (κ1) is 31.7. The number of benzene rings is 2. The lowest BCUT2D eigenvalue weighted by Crippen LogP contribution is -2.21. The lowest BCUT2D eigenvalue weighted by Gasteiger charge is -2.11. The van der Waals surface area contributed by atoms with Gasteiger partial charge >= 0.3 is 6.09 Å². The number of halogens is 1. The molecular weight excluding hydrogens is 563 g/mol. The van der Waals surface area contributed by atoms with Crippen molar-refractivity contribution < 1.29 is 32.2 Å². The predicted octanol–water partition coefficient (Wildman–Crippen LogP) is 4.47. The molecule has 1 heterocycles. The van der Waals surface area contributed by atoms with Crippen molar-refractivity contribution in [3.8, 4) is 47.4 Å². The summed E-state index contributed by atoms with van der Waals surface area (Å²) in [4.78, 5) is 10.4. The van der Waals surface area contributed by atoms with E-state index in [0.29, 0.717) is 67.2 Å². The molecule has 0 saturated heterocycles. The minimum absolute atomic E-state index is 0.0728. The van der Waals surface area contributed by atoms with Crippen LogP contribution in [0, 0.1) is 24.7 Å². The van der Waals surface area contributed by atoms with Crippen LogP contribution in [0.15, 0.2) is 65.5 Å². The number of sulfone groups is 1. The van der Waals surface area contributed by atoms with E-state index in [1.54, 1.807) is 29.1 Å². The molecule has 0 fully saturated rings. The first-order chi connectivity index (χ1) is 20.2. The van der Waals surface area contributed by atoms with Crippen LogP contribution in [-0.2, 0) is 16.4 Å². The van der Waals surface area contributed by atoms with Gasteiger partial charge in [-0.25, -0.2) is 22.3 Å². The van der Waals surface area contributed by atoms with Crippen LogP contribution in [0.5, 0.6) is 11.5 Å². The molecule has 0 unspecified atom stereocenters. The van der Waals surface area contributed by atoms with Crippen LogP contribution in [0.4, 0.5) is 9.18 Å². The maximum Gasteiger partial charge on any atom is 0.404 e. The standard InChI is InChI=1S/C30H31FN4O6S/c1-3-5-7-14-40-26-17-24(18-27(19-26)41-15-8-6-4-2)29-21-35(34-33-29)20-23-10-9-11-28(16-23)42(38,39)22-25(31)12-13-32-30(36)37/h1-2,9-12,16-19,21,32H,5-8,13-15,20,22H2,(H,36,37). The van der Waals surface area contributed by atoms with Crippen LogP contribution >= 0.6 is 0 Å². The Kier molecular flexibility index (Phi) is 12.0. The van der Waals surface area contributed by atoms with Crippen LogP contribution in [0.25, 0.3) is 11.3 Å². The Hall–Kier alpha value is -4.81. The number of amides is 1. The monoisotopic (exact) mass is 594 g/mol. The first-order valence-corrected chi connectivity index (χ1v) is 14.7. The minimum Gasteiger partial charge on any atom is -0.493 e. The summed E-state index contributed by atoms with van der Waals surface area (Å²) in [5, 5.41) is 18.9. The molecule has 0 aliphatic heterocycles. The topological polar surface area (TPSA) is 133 Å². The number of carboxylic acid groups (broad SMARTS) is 1. The van der Waals surface area contributed by atoms with E-state index in [4.69, 9.17) is 27.4 Å². The Morgan fingerprint density at radius 1 is 1.07 bits per heavy atom. The molecule has 0 atom stereocenters. The van der Waals surface area contributed by atoms with Gasteiger partial charge < -0.3 is 19.9 Å². The second-order valence-corrected chi connectivity index (χ2v) is 11.0. The number of unbranched alkanes of at least 4 members (excludes halogenated alkanes) is 2. The van der Waals surface area contributed by atoms with Crippen LogP contribution in [0.1, 0.15) is 31.2 Å². The number of rotatable bonds is 16. The van der Waals surface area contributed by atoms with Crippen molar-refractivity contribution in [3.05, 3.63) is 66.1 Å². The summed E-state index contributed by atoms with van der Waals surface area (Å²) >= 11 is 0. The summed E-state index contributed by atoms with van der Waals surface area (Å²) in [6.07, 6.45) is 14.5. The zero-order chi connectivity index (χ0) is 30.4. The molecule has 12 heteroatoms. The van der Waals surface area contributed by atoms with E-state index in [2.05, 4.69) is 22.2 Å². The third-order valence-electron chi connectivity index (χ3n) is 5.69. The maximum absolute atomic E-state index is 14.1. The number of aromatic nitrogens is 3. The fourth-order valence-electron chi connectivity index (χ4n) is 3.72. The third kappa shape index (κ3) is 10.3. The normalized spacial score (nSPS) is 11.4. The van der Waals surface area contributed by atoms with Gasteiger partial charge in [-0.3, -0.25) is 0 Å². The van der Waals surface area contributed by atoms with E-state index in [1.807, 2.05) is 17.4 Å². The highest BCUT2D eigenvalue weighted by Gasteiger charge is 2.18. The molecule has 0 aliphatic rings. The summed E-state index contributed by atoms with van der Waals surface area (Å²) in [7, 11) is -4.01. The average Bonchev–Trinajstić information content (AvgIpc) is 3.41. The zero-order valence-corrected chi connectivity index (χ0v) is 23.6. The van der Waals surface area contributed by atoms with E-state index in [0.717, 1.165) is 6.08 Å². The molecule has 3 aromatic rings. The van der Waals surface area contributed by atoms with E-state index < -0.39 is 27.5 Å². The molecule has 1 aromatic heterocycles. The van der Waals surface area contributed by atoms with Gasteiger partial charge in [-0.2, -0.15) is 0 Å². The summed E-state index contributed by atoms with van der Waals surface area (Å²) < 4.78 is 52.8. The van der Waals surface area contributed by atoms with Crippen molar-refractivity contribution in [1.82, 2.24) is 20.3 Å². The summed E-state index contributed by atoms with van der Waals surface area (Å²) in [6, 6.07) is 11.5. The Balaban J connectivity index is 1.75. The van der Waals surface area contributed by atoms with Gasteiger partial charge in [-0.05, 0) is 48.7 Å². The van der Waals surface area contributed by atoms with Gasteiger partial charge in [0.1, 0.15) is 28.8 Å². The molecule has 0 bridgehead atoms. The molecule has 2 aromatic carbocycles. The molecule has 0 saturated carbocycles. The van der Waals surface area contributed by atoms with Crippen molar-refractivity contribution >= 4 is 15.9 Å². The Labute approximate surface area is 244 Å². The first-order valence-electron chi connectivity index (χ1n) is 13.0. The SMILES string of the molecule is C#CCCCOc1cc(OCCCC#C)cc(-c2cn(Cc3cccc(S(=O)(=O)CC(F)=CCNC(=O)O)c3)nn2)c1. The van der Waals surface area contributed by atoms with Crippen LogP contribution in [0.3, 0.4) is 0 Å². The number of ether oxygens (including phenoxy) is 2. The van der Waals surface area contributed by atoms with E-state index in [9.17, 15) is 17.6 Å². The number of hydrogen-bond donors (Lipinski definition) is 2. The molecule has 220 valence electrons. The van der Waals surface area contributed by atoms with Gasteiger partial charge in [0.05, 0.1) is 30.9 Å². The molecule has 2 N–H and O–H groups in total. The largest absolute Gasteiger partial charge is 0.493 e. The summed E-state index contributed by atoms with van der Waals surface area (Å²) in [5.41, 5.74) is 1.86. The van der Waals surface area contributed by atoms with E-state index >= 15 is 0 Å². The molecular formula is C30H31FN4O6S. The number of nitrogens with zero attached hydrogens (tertiary/aromatic N) is 3. The third-order valence-corrected chi connectivity index (χ3v) is 7.32. The van der Waals surface area contributed by atoms with Crippen molar-refractivity contribution in [2.75, 3.05) is 25.5 Å². The quantitative estimate of drug-likeness (QED) is 0.183. The summed E-state index contributed by atoms with van der Waals surface area (Å²) in [6.45, 7) is 0.741. The van der Waals surface area contributed by atoms with Crippen molar-refractivity contribution in [2.45, 2.75) is 37.1 Å². The second kappa shape index (κ2) is 15.8. The van der Waals surface area contributed by atoms with Gasteiger partial charge in [0.25, 0.3) is 0 Å². The molecule has 42 heavy (non-hydrogen) atoms. The molecule has 10 nitrogen and oxygen atoms in total. The number of carbonyl (C=O) groups is 1. The highest BCUT2D eigenvalue weighted by Crippen LogP contribution is 2.29. The van der Waals surface area contributed by atoms with Gasteiger partial charge in [0, 0.05) is 31.0 Å². The number of terminal acetylenes is 2. The minimum atomic E-state index is -4.01. The smallest absolute Gasteiger partial charge is 0.404 e. The van der Waals surface area contributed by atoms with E-state index in [1.165, 1.54) is 12.1 Å². The fourth-order valence-corrected chi connectivity index (χ4v) is 4.98. The Bertz CT molecular complexity index is 1550. The lowest BCUT2D eigenvalue weighted by molar-refractivity contribution is 0.195. The highest BCUT2D eigenvalue weighted by atomic mass is 32.2. The Morgan fingerprint density at radius 2 is 1.74 bits per heavy atom. The van der Waals surface area contributed by atoms with Crippen molar-refractivity contribution in [3.63, 3.8) is 0 Å². The van der Waals surface area contributed by atoms with Crippen molar-refractivity contribution in [1.29, 1.82) is 0 Å². The second-order valence-electron chi connectivity index (χ2n) is 9.05. The number of nitrogens with one attached hydrogen (secondary N) is 1. The van der Waals surface area contributed by atoms with Crippen LogP contribution in [-0.4, -0.2) is 60.1 Å². The van der Waals surface area contributed by atoms with E-state index in [-0.39, 0.29) is 18.0 Å². The zero-order valence-electron chi connectivity index (χ0n) is 22.8. The van der Waals surface area contributed by atoms with Gasteiger partial charge in [-0.1, -0.05) is 17.3 Å². The van der Waals surface area contributed by atoms with Gasteiger partial charge in [-0.15, -0.1) is 29.8 Å². The van der Waals surface area contributed by atoms with Crippen LogP contribution in [0.2, 0.25) is 0 Å². The average molecular weight is 595 g/mol. The molecule has 1 amide bonds. The predicted molar refractivity (Wildman–Crippen MR) is 155 cm³/mol. The highest BCUT2D eigenvalue weighted by molar-refractivity contribution is 7.91. The fraction of sp³-hybridized carbons (Fsp3) is 0.300. The molecule has 0 radical (unpaired) electrons. The van der Waals surface area contributed by atoms with Crippen LogP contribution < -0.4 is 14.8 Å². The van der Waals surface area contributed by atoms with Gasteiger partial charge in [0.15, 0.2) is 9.84 Å².